The largest absolute Gasteiger partial charge is 0.309 e. The maximum absolute atomic E-state index is 5.98. The van der Waals surface area contributed by atoms with Gasteiger partial charge >= 0.3 is 0 Å². The highest BCUT2D eigenvalue weighted by atomic mass is 35.5. The van der Waals surface area contributed by atoms with Crippen LogP contribution in [0.3, 0.4) is 0 Å². The highest BCUT2D eigenvalue weighted by Gasteiger charge is 2.09. The second kappa shape index (κ2) is 7.80. The van der Waals surface area contributed by atoms with Crippen LogP contribution in [0.5, 0.6) is 0 Å². The minimum absolute atomic E-state index is 0.217. The summed E-state index contributed by atoms with van der Waals surface area (Å²) in [4.78, 5) is 0. The summed E-state index contributed by atoms with van der Waals surface area (Å²) in [5.41, 5.74) is 1.11. The quantitative estimate of drug-likeness (QED) is 0.730. The molecule has 0 spiro atoms. The van der Waals surface area contributed by atoms with Crippen LogP contribution in [-0.4, -0.2) is 21.2 Å². The Labute approximate surface area is 116 Å². The van der Waals surface area contributed by atoms with Gasteiger partial charge in [0.15, 0.2) is 0 Å². The van der Waals surface area contributed by atoms with Crippen LogP contribution >= 0.6 is 11.6 Å². The minimum atomic E-state index is 0.217. The van der Waals surface area contributed by atoms with Crippen molar-refractivity contribution in [2.45, 2.75) is 71.0 Å². The van der Waals surface area contributed by atoms with Gasteiger partial charge in [-0.3, -0.25) is 4.68 Å². The van der Waals surface area contributed by atoms with Gasteiger partial charge in [0.2, 0.25) is 0 Å². The highest BCUT2D eigenvalue weighted by molar-refractivity contribution is 6.20. The van der Waals surface area contributed by atoms with E-state index in [1.54, 1.807) is 0 Å². The van der Waals surface area contributed by atoms with Gasteiger partial charge in [-0.15, -0.1) is 11.6 Å². The van der Waals surface area contributed by atoms with Crippen molar-refractivity contribution in [2.24, 2.45) is 0 Å². The maximum Gasteiger partial charge on any atom is 0.0762 e. The van der Waals surface area contributed by atoms with Crippen molar-refractivity contribution in [2.75, 3.05) is 0 Å². The highest BCUT2D eigenvalue weighted by Crippen LogP contribution is 2.14. The van der Waals surface area contributed by atoms with Gasteiger partial charge in [0, 0.05) is 24.2 Å². The molecule has 0 amide bonds. The molecule has 0 aromatic carbocycles. The lowest BCUT2D eigenvalue weighted by Crippen LogP contribution is -2.27. The molecule has 2 atom stereocenters. The second-order valence-corrected chi connectivity index (χ2v) is 5.80. The number of hydrogen-bond acceptors (Lipinski definition) is 2. The Morgan fingerprint density at radius 3 is 2.56 bits per heavy atom. The van der Waals surface area contributed by atoms with E-state index in [2.05, 4.69) is 48.1 Å². The number of nitrogens with zero attached hydrogens (tertiary/aromatic N) is 2. The lowest BCUT2D eigenvalue weighted by molar-refractivity contribution is 0.421. The monoisotopic (exact) mass is 271 g/mol. The van der Waals surface area contributed by atoms with Crippen LogP contribution in [-0.2, 0) is 6.54 Å². The molecule has 0 fully saturated rings. The van der Waals surface area contributed by atoms with E-state index >= 15 is 0 Å². The third kappa shape index (κ3) is 4.99. The van der Waals surface area contributed by atoms with Gasteiger partial charge in [0.1, 0.15) is 0 Å². The summed E-state index contributed by atoms with van der Waals surface area (Å²) in [6.07, 6.45) is 5.33. The van der Waals surface area contributed by atoms with Crippen molar-refractivity contribution in [1.29, 1.82) is 0 Å². The number of hydrogen-bond donors (Lipinski definition) is 1. The van der Waals surface area contributed by atoms with E-state index in [4.69, 9.17) is 11.6 Å². The molecule has 4 heteroatoms. The molecular formula is C14H26ClN3. The lowest BCUT2D eigenvalue weighted by Gasteiger charge is -2.14. The molecule has 0 aliphatic heterocycles. The van der Waals surface area contributed by atoms with Crippen molar-refractivity contribution >= 4 is 11.6 Å². The first-order valence-corrected chi connectivity index (χ1v) is 7.41. The average molecular weight is 272 g/mol. The zero-order valence-electron chi connectivity index (χ0n) is 12.0. The SMILES string of the molecule is CCC(CC)n1ccc(CNC(C)CC(C)Cl)n1. The molecule has 1 heterocycles. The van der Waals surface area contributed by atoms with Gasteiger partial charge in [-0.25, -0.2) is 0 Å². The fraction of sp³-hybridized carbons (Fsp3) is 0.786. The summed E-state index contributed by atoms with van der Waals surface area (Å²) in [6, 6.07) is 3.05. The molecule has 0 saturated carbocycles. The van der Waals surface area contributed by atoms with Crippen LogP contribution in [0, 0.1) is 0 Å². The summed E-state index contributed by atoms with van der Waals surface area (Å²) in [5, 5.41) is 8.30. The van der Waals surface area contributed by atoms with E-state index in [1.807, 2.05) is 6.92 Å². The van der Waals surface area contributed by atoms with E-state index in [1.165, 1.54) is 0 Å². The Morgan fingerprint density at radius 1 is 1.33 bits per heavy atom. The van der Waals surface area contributed by atoms with Crippen LogP contribution < -0.4 is 5.32 Å². The van der Waals surface area contributed by atoms with Gasteiger partial charge < -0.3 is 5.32 Å². The fourth-order valence-corrected chi connectivity index (χ4v) is 2.45. The van der Waals surface area contributed by atoms with Crippen molar-refractivity contribution in [3.8, 4) is 0 Å². The number of nitrogens with one attached hydrogen (secondary N) is 1. The van der Waals surface area contributed by atoms with E-state index < -0.39 is 0 Å². The Balaban J connectivity index is 2.44. The average Bonchev–Trinajstić information content (AvgIpc) is 2.76. The van der Waals surface area contributed by atoms with Crippen molar-refractivity contribution in [3.63, 3.8) is 0 Å². The first-order chi connectivity index (χ1) is 8.56. The smallest absolute Gasteiger partial charge is 0.0762 e. The molecule has 18 heavy (non-hydrogen) atoms. The normalized spacial score (nSPS) is 15.0. The topological polar surface area (TPSA) is 29.9 Å². The first-order valence-electron chi connectivity index (χ1n) is 6.98. The molecule has 0 aliphatic rings. The third-order valence-electron chi connectivity index (χ3n) is 3.29. The van der Waals surface area contributed by atoms with Crippen molar-refractivity contribution in [1.82, 2.24) is 15.1 Å². The van der Waals surface area contributed by atoms with Gasteiger partial charge in [-0.05, 0) is 39.2 Å². The minimum Gasteiger partial charge on any atom is -0.309 e. The van der Waals surface area contributed by atoms with Crippen LogP contribution in [0.1, 0.15) is 58.7 Å². The lowest BCUT2D eigenvalue weighted by atomic mass is 10.2. The van der Waals surface area contributed by atoms with Crippen LogP contribution in [0.2, 0.25) is 0 Å². The summed E-state index contributed by atoms with van der Waals surface area (Å²) < 4.78 is 2.09. The van der Waals surface area contributed by atoms with Gasteiger partial charge in [-0.2, -0.15) is 5.10 Å². The standard InChI is InChI=1S/C14H26ClN3/c1-5-14(6-2)18-8-7-13(17-18)10-16-12(4)9-11(3)15/h7-8,11-12,14,16H,5-6,9-10H2,1-4H3. The molecule has 2 unspecified atom stereocenters. The molecule has 1 rings (SSSR count). The van der Waals surface area contributed by atoms with Crippen LogP contribution in [0.15, 0.2) is 12.3 Å². The Hall–Kier alpha value is -0.540. The predicted molar refractivity (Wildman–Crippen MR) is 78.1 cm³/mol. The predicted octanol–water partition coefficient (Wildman–Crippen LogP) is 3.74. The Bertz CT molecular complexity index is 332. The zero-order valence-corrected chi connectivity index (χ0v) is 12.7. The molecule has 104 valence electrons. The number of rotatable bonds is 8. The molecule has 0 aliphatic carbocycles. The van der Waals surface area contributed by atoms with E-state index in [9.17, 15) is 0 Å². The van der Waals surface area contributed by atoms with E-state index in [-0.39, 0.29) is 5.38 Å². The Morgan fingerprint density at radius 2 is 2.00 bits per heavy atom. The van der Waals surface area contributed by atoms with E-state index in [0.29, 0.717) is 12.1 Å². The van der Waals surface area contributed by atoms with Crippen LogP contribution in [0.25, 0.3) is 0 Å². The second-order valence-electron chi connectivity index (χ2n) is 5.06. The summed E-state index contributed by atoms with van der Waals surface area (Å²) in [7, 11) is 0. The summed E-state index contributed by atoms with van der Waals surface area (Å²) >= 11 is 5.98. The Kier molecular flexibility index (Phi) is 6.72. The van der Waals surface area contributed by atoms with Gasteiger partial charge in [0.25, 0.3) is 0 Å². The van der Waals surface area contributed by atoms with E-state index in [0.717, 1.165) is 31.5 Å². The molecular weight excluding hydrogens is 246 g/mol. The summed E-state index contributed by atoms with van der Waals surface area (Å²) in [6.45, 7) is 9.42. The molecule has 1 aromatic heterocycles. The molecule has 0 bridgehead atoms. The van der Waals surface area contributed by atoms with Crippen LogP contribution in [0.4, 0.5) is 0 Å². The maximum atomic E-state index is 5.98. The molecule has 1 aromatic rings. The zero-order chi connectivity index (χ0) is 13.5. The number of aromatic nitrogens is 2. The molecule has 0 radical (unpaired) electrons. The third-order valence-corrected chi connectivity index (χ3v) is 3.47. The van der Waals surface area contributed by atoms with Gasteiger partial charge in [0.05, 0.1) is 11.7 Å². The molecule has 1 N–H and O–H groups in total. The fourth-order valence-electron chi connectivity index (χ4n) is 2.19. The molecule has 3 nitrogen and oxygen atoms in total. The molecule has 0 saturated heterocycles. The first kappa shape index (κ1) is 15.5. The van der Waals surface area contributed by atoms with Crippen molar-refractivity contribution < 1.29 is 0 Å². The summed E-state index contributed by atoms with van der Waals surface area (Å²) in [5.74, 6) is 0. The van der Waals surface area contributed by atoms with Crippen molar-refractivity contribution in [3.05, 3.63) is 18.0 Å². The number of halogens is 1. The number of alkyl halides is 1. The van der Waals surface area contributed by atoms with Gasteiger partial charge in [-0.1, -0.05) is 13.8 Å².